The number of halogens is 6. The quantitative estimate of drug-likeness (QED) is 0.211. The second-order valence-electron chi connectivity index (χ2n) is 6.80. The van der Waals surface area contributed by atoms with E-state index < -0.39 is 39.9 Å². The van der Waals surface area contributed by atoms with E-state index in [1.54, 1.807) is 21.3 Å². The van der Waals surface area contributed by atoms with Crippen LogP contribution in [-0.4, -0.2) is 58.0 Å². The predicted molar refractivity (Wildman–Crippen MR) is 115 cm³/mol. The van der Waals surface area contributed by atoms with Crippen molar-refractivity contribution >= 4 is 28.9 Å². The highest BCUT2D eigenvalue weighted by Gasteiger charge is 2.47. The summed E-state index contributed by atoms with van der Waals surface area (Å²) < 4.78 is 128. The van der Waals surface area contributed by atoms with Crippen LogP contribution in [0.25, 0.3) is 4.13 Å². The molecule has 0 aromatic carbocycles. The van der Waals surface area contributed by atoms with Gasteiger partial charge in [0, 0.05) is 52.3 Å². The molecule has 206 valence electrons. The number of pyridine rings is 1. The predicted octanol–water partition coefficient (Wildman–Crippen LogP) is 3.64. The number of rotatable bonds is 12. The van der Waals surface area contributed by atoms with Gasteiger partial charge in [0.05, 0.1) is 0 Å². The monoisotopic (exact) mass is 578 g/mol. The maximum atomic E-state index is 11.4. The van der Waals surface area contributed by atoms with Gasteiger partial charge in [-0.05, 0) is 6.42 Å². The zero-order valence-corrected chi connectivity index (χ0v) is 22.0. The summed E-state index contributed by atoms with van der Waals surface area (Å²) >= 11 is 0. The molecule has 0 aliphatic rings. The normalized spacial score (nSPS) is 13.3. The van der Waals surface area contributed by atoms with E-state index in [0.717, 1.165) is 29.6 Å². The lowest BCUT2D eigenvalue weighted by Crippen LogP contribution is -2.44. The van der Waals surface area contributed by atoms with Crippen LogP contribution >= 0.6 is 0 Å². The molecule has 0 saturated heterocycles. The minimum Gasteiger partial charge on any atom is -0.421 e. The lowest BCUT2D eigenvalue weighted by molar-refractivity contribution is -0.704. The SMILES string of the molecule is CCCCc1cccc[n+]1CCC[Si](OC)(OC)OC.O=S(=O)([N-]S(=O)(=O)C(F)(F)F)C(F)(F)F. The van der Waals surface area contributed by atoms with Crippen molar-refractivity contribution in [2.24, 2.45) is 0 Å². The van der Waals surface area contributed by atoms with Gasteiger partial charge in [-0.1, -0.05) is 19.4 Å². The number of unbranched alkanes of at least 4 members (excludes halogenated alkanes) is 1. The van der Waals surface area contributed by atoms with Gasteiger partial charge in [0.2, 0.25) is 0 Å². The molecule has 0 saturated carbocycles. The Kier molecular flexibility index (Phi) is 13.3. The van der Waals surface area contributed by atoms with Gasteiger partial charge in [-0.25, -0.2) is 21.4 Å². The van der Waals surface area contributed by atoms with Gasteiger partial charge in [0.1, 0.15) is 6.54 Å². The van der Waals surface area contributed by atoms with Gasteiger partial charge < -0.3 is 17.4 Å². The first-order valence-corrected chi connectivity index (χ1v) is 14.7. The summed E-state index contributed by atoms with van der Waals surface area (Å²) in [5, 5.41) is 0. The Bertz CT molecular complexity index is 935. The van der Waals surface area contributed by atoms with E-state index >= 15 is 0 Å². The van der Waals surface area contributed by atoms with Crippen LogP contribution in [0.3, 0.4) is 0 Å². The smallest absolute Gasteiger partial charge is 0.421 e. The summed E-state index contributed by atoms with van der Waals surface area (Å²) in [7, 11) is -10.9. The second-order valence-corrected chi connectivity index (χ2v) is 13.3. The molecule has 1 rings (SSSR count). The molecule has 0 N–H and O–H groups in total. The van der Waals surface area contributed by atoms with Crippen LogP contribution in [0.5, 0.6) is 0 Å². The summed E-state index contributed by atoms with van der Waals surface area (Å²) in [5.41, 5.74) is -11.0. The van der Waals surface area contributed by atoms with Crippen LogP contribution in [-0.2, 0) is 46.3 Å². The highest BCUT2D eigenvalue weighted by Crippen LogP contribution is 2.36. The minimum absolute atomic E-state index is 0.778. The average molecular weight is 579 g/mol. The molecule has 1 heterocycles. The zero-order valence-electron chi connectivity index (χ0n) is 19.4. The molecule has 35 heavy (non-hydrogen) atoms. The molecule has 0 fully saturated rings. The van der Waals surface area contributed by atoms with Crippen LogP contribution in [0.2, 0.25) is 6.04 Å². The molecular formula is C17H28F6N2O7S2Si. The fourth-order valence-corrected chi connectivity index (χ4v) is 5.96. The molecular weight excluding hydrogens is 550 g/mol. The summed E-state index contributed by atoms with van der Waals surface area (Å²) in [6.45, 7) is 3.20. The third kappa shape index (κ3) is 10.7. The first-order chi connectivity index (χ1) is 15.9. The van der Waals surface area contributed by atoms with Gasteiger partial charge in [0.25, 0.3) is 0 Å². The van der Waals surface area contributed by atoms with Crippen molar-refractivity contribution in [3.05, 3.63) is 34.2 Å². The van der Waals surface area contributed by atoms with Crippen molar-refractivity contribution in [3.63, 3.8) is 0 Å². The van der Waals surface area contributed by atoms with Crippen LogP contribution < -0.4 is 4.57 Å². The molecule has 0 amide bonds. The summed E-state index contributed by atoms with van der Waals surface area (Å²) in [6, 6.07) is 7.25. The average Bonchev–Trinajstić information content (AvgIpc) is 2.74. The first kappa shape index (κ1) is 33.7. The number of aromatic nitrogens is 1. The molecule has 0 atom stereocenters. The van der Waals surface area contributed by atoms with E-state index in [2.05, 4.69) is 35.9 Å². The van der Waals surface area contributed by atoms with Crippen molar-refractivity contribution in [2.75, 3.05) is 21.3 Å². The first-order valence-electron chi connectivity index (χ1n) is 9.91. The molecule has 0 radical (unpaired) electrons. The lowest BCUT2D eigenvalue weighted by Gasteiger charge is -2.23. The molecule has 0 unspecified atom stereocenters. The molecule has 1 aromatic heterocycles. The molecule has 0 aliphatic heterocycles. The number of alkyl halides is 6. The number of sulfonamides is 2. The van der Waals surface area contributed by atoms with Crippen LogP contribution in [0, 0.1) is 0 Å². The second kappa shape index (κ2) is 13.8. The van der Waals surface area contributed by atoms with Crippen molar-refractivity contribution in [3.8, 4) is 0 Å². The van der Waals surface area contributed by atoms with E-state index in [4.69, 9.17) is 13.3 Å². The topological polar surface area (TPSA) is 114 Å². The standard InChI is InChI=1S/C15H28NO3Si.C2F6NO4S2/c1-5-6-10-15-11-7-8-12-16(15)13-9-14-20(17-2,18-3)19-4;3-1(4,5)14(10,11)9-15(12,13)2(6,7)8/h7-8,11-12H,5-6,9-10,13-14H2,1-4H3;/q+1;-1. The number of hydrogen-bond donors (Lipinski definition) is 0. The Morgan fingerprint density at radius 2 is 1.37 bits per heavy atom. The fraction of sp³-hybridized carbons (Fsp3) is 0.706. The molecule has 0 spiro atoms. The van der Waals surface area contributed by atoms with Gasteiger partial charge in [-0.2, -0.15) is 26.3 Å². The van der Waals surface area contributed by atoms with E-state index in [0.29, 0.717) is 0 Å². The molecule has 18 heteroatoms. The van der Waals surface area contributed by atoms with Crippen LogP contribution in [0.4, 0.5) is 26.3 Å². The Morgan fingerprint density at radius 3 is 1.77 bits per heavy atom. The van der Waals surface area contributed by atoms with Crippen molar-refractivity contribution in [1.29, 1.82) is 0 Å². The third-order valence-corrected chi connectivity index (χ3v) is 9.99. The summed E-state index contributed by atoms with van der Waals surface area (Å²) in [4.78, 5) is 0. The number of hydrogen-bond acceptors (Lipinski definition) is 7. The van der Waals surface area contributed by atoms with Crippen LogP contribution in [0.1, 0.15) is 31.9 Å². The molecule has 1 aromatic rings. The van der Waals surface area contributed by atoms with Gasteiger partial charge in [-0.15, -0.1) is 0 Å². The Balaban J connectivity index is 0.000000691. The maximum Gasteiger partial charge on any atom is 0.500 e. The Morgan fingerprint density at radius 1 is 0.886 bits per heavy atom. The highest BCUT2D eigenvalue weighted by atomic mass is 32.3. The van der Waals surface area contributed by atoms with Crippen molar-refractivity contribution < 1.29 is 61.0 Å². The van der Waals surface area contributed by atoms with Gasteiger partial charge >= 0.3 is 19.8 Å². The number of aryl methyl sites for hydroxylation is 2. The minimum atomic E-state index is -6.72. The maximum absolute atomic E-state index is 11.4. The largest absolute Gasteiger partial charge is 0.500 e. The lowest BCUT2D eigenvalue weighted by atomic mass is 10.2. The molecule has 0 bridgehead atoms. The fourth-order valence-electron chi connectivity index (χ4n) is 2.55. The van der Waals surface area contributed by atoms with Crippen molar-refractivity contribution in [1.82, 2.24) is 0 Å². The highest BCUT2D eigenvalue weighted by molar-refractivity contribution is 8.13. The van der Waals surface area contributed by atoms with E-state index in [1.165, 1.54) is 18.5 Å². The summed E-state index contributed by atoms with van der Waals surface area (Å²) in [6.07, 6.45) is 6.74. The number of nitrogens with zero attached hydrogens (tertiary/aromatic N) is 2. The van der Waals surface area contributed by atoms with Gasteiger partial charge in [-0.3, -0.25) is 0 Å². The zero-order chi connectivity index (χ0) is 27.6. The van der Waals surface area contributed by atoms with E-state index in [9.17, 15) is 43.2 Å². The molecule has 9 nitrogen and oxygen atoms in total. The van der Waals surface area contributed by atoms with E-state index in [-0.39, 0.29) is 0 Å². The third-order valence-electron chi connectivity index (χ3n) is 4.42. The Hall–Kier alpha value is -1.31. The Labute approximate surface area is 201 Å². The van der Waals surface area contributed by atoms with Gasteiger partial charge in [0.15, 0.2) is 31.9 Å². The van der Waals surface area contributed by atoms with Crippen molar-refractivity contribution in [2.45, 2.75) is 56.2 Å². The van der Waals surface area contributed by atoms with E-state index in [1.807, 2.05) is 0 Å². The molecule has 0 aliphatic carbocycles. The van der Waals surface area contributed by atoms with Crippen LogP contribution in [0.15, 0.2) is 24.4 Å². The summed E-state index contributed by atoms with van der Waals surface area (Å²) in [5.74, 6) is 0.